The number of hydrogen-bond acceptors (Lipinski definition) is 3. The van der Waals surface area contributed by atoms with E-state index < -0.39 is 0 Å². The lowest BCUT2D eigenvalue weighted by atomic mass is 10.1. The first kappa shape index (κ1) is 14.6. The van der Waals surface area contributed by atoms with E-state index in [-0.39, 0.29) is 0 Å². The minimum absolute atomic E-state index is 0.462. The van der Waals surface area contributed by atoms with Crippen molar-refractivity contribution in [2.75, 3.05) is 31.2 Å². The average molecular weight is 283 g/mol. The van der Waals surface area contributed by atoms with Crippen LogP contribution in [0.25, 0.3) is 0 Å². The maximum atomic E-state index is 6.38. The van der Waals surface area contributed by atoms with Crippen molar-refractivity contribution >= 4 is 17.3 Å². The van der Waals surface area contributed by atoms with Crippen molar-refractivity contribution in [3.63, 3.8) is 0 Å². The van der Waals surface area contributed by atoms with Gasteiger partial charge < -0.3 is 15.0 Å². The van der Waals surface area contributed by atoms with Crippen LogP contribution in [-0.4, -0.2) is 32.3 Å². The Bertz CT molecular complexity index is 411. The van der Waals surface area contributed by atoms with Crippen LogP contribution >= 0.6 is 11.6 Å². The lowest BCUT2D eigenvalue weighted by Crippen LogP contribution is -2.45. The van der Waals surface area contributed by atoms with Gasteiger partial charge in [0.25, 0.3) is 0 Å². The van der Waals surface area contributed by atoms with Crippen LogP contribution in [0.15, 0.2) is 18.2 Å². The maximum absolute atomic E-state index is 6.38. The molecule has 0 bridgehead atoms. The summed E-state index contributed by atoms with van der Waals surface area (Å²) in [5.41, 5.74) is 2.37. The zero-order chi connectivity index (χ0) is 13.7. The van der Waals surface area contributed by atoms with Gasteiger partial charge >= 0.3 is 0 Å². The Labute approximate surface area is 120 Å². The Kier molecular flexibility index (Phi) is 5.49. The molecule has 1 atom stereocenters. The molecule has 2 rings (SSSR count). The number of morpholine rings is 1. The van der Waals surface area contributed by atoms with Crippen LogP contribution in [0.3, 0.4) is 0 Å². The summed E-state index contributed by atoms with van der Waals surface area (Å²) in [7, 11) is 0. The van der Waals surface area contributed by atoms with Crippen molar-refractivity contribution in [1.29, 1.82) is 0 Å². The second-order valence-corrected chi connectivity index (χ2v) is 5.29. The highest BCUT2D eigenvalue weighted by Crippen LogP contribution is 2.27. The molecule has 1 aliphatic heterocycles. The van der Waals surface area contributed by atoms with Gasteiger partial charge in [-0.05, 0) is 30.7 Å². The molecule has 0 aliphatic carbocycles. The number of nitrogens with zero attached hydrogens (tertiary/aromatic N) is 1. The zero-order valence-corrected chi connectivity index (χ0v) is 12.5. The molecule has 0 radical (unpaired) electrons. The Morgan fingerprint density at radius 1 is 1.42 bits per heavy atom. The summed E-state index contributed by atoms with van der Waals surface area (Å²) in [5.74, 6) is 0. The molecule has 1 saturated heterocycles. The van der Waals surface area contributed by atoms with Gasteiger partial charge in [0.05, 0.1) is 19.3 Å². The van der Waals surface area contributed by atoms with Crippen LogP contribution in [0.5, 0.6) is 0 Å². The molecule has 1 aliphatic rings. The summed E-state index contributed by atoms with van der Waals surface area (Å²) in [6.45, 7) is 8.65. The second-order valence-electron chi connectivity index (χ2n) is 4.89. The number of halogens is 1. The fourth-order valence-electron chi connectivity index (χ4n) is 2.45. The molecular weight excluding hydrogens is 260 g/mol. The Balaban J connectivity index is 2.13. The number of hydrogen-bond donors (Lipinski definition) is 1. The molecule has 0 saturated carbocycles. The second kappa shape index (κ2) is 7.13. The van der Waals surface area contributed by atoms with Crippen molar-refractivity contribution in [2.24, 2.45) is 0 Å². The van der Waals surface area contributed by atoms with E-state index in [1.165, 1.54) is 5.69 Å². The summed E-state index contributed by atoms with van der Waals surface area (Å²) in [6.07, 6.45) is 1.09. The normalized spacial score (nSPS) is 19.7. The molecule has 1 fully saturated rings. The molecule has 4 heteroatoms. The smallest absolute Gasteiger partial charge is 0.0670 e. The van der Waals surface area contributed by atoms with Crippen LogP contribution in [0.1, 0.15) is 25.8 Å². The van der Waals surface area contributed by atoms with Gasteiger partial charge in [0.1, 0.15) is 0 Å². The highest BCUT2D eigenvalue weighted by atomic mass is 35.5. The first-order valence-electron chi connectivity index (χ1n) is 7.09. The molecule has 1 unspecified atom stereocenters. The number of nitrogens with one attached hydrogen (secondary N) is 1. The quantitative estimate of drug-likeness (QED) is 0.898. The van der Waals surface area contributed by atoms with Crippen LogP contribution < -0.4 is 10.2 Å². The standard InChI is InChI=1S/C15H23ClN2O/c1-3-13-11-19-8-7-18(13)14-6-5-12(10-17-4-2)15(16)9-14/h5-6,9,13,17H,3-4,7-8,10-11H2,1-2H3. The van der Waals surface area contributed by atoms with E-state index in [0.29, 0.717) is 6.04 Å². The van der Waals surface area contributed by atoms with Gasteiger partial charge in [0.15, 0.2) is 0 Å². The SMILES string of the molecule is CCNCc1ccc(N2CCOCC2CC)cc1Cl. The van der Waals surface area contributed by atoms with Crippen LogP contribution in [0.2, 0.25) is 5.02 Å². The van der Waals surface area contributed by atoms with E-state index in [0.717, 1.165) is 49.9 Å². The predicted octanol–water partition coefficient (Wildman–Crippen LogP) is 3.06. The number of benzene rings is 1. The summed E-state index contributed by atoms with van der Waals surface area (Å²) >= 11 is 6.38. The van der Waals surface area contributed by atoms with Gasteiger partial charge in [0, 0.05) is 23.8 Å². The van der Waals surface area contributed by atoms with Gasteiger partial charge in [0.2, 0.25) is 0 Å². The predicted molar refractivity (Wildman–Crippen MR) is 81.1 cm³/mol. The zero-order valence-electron chi connectivity index (χ0n) is 11.8. The molecule has 19 heavy (non-hydrogen) atoms. The summed E-state index contributed by atoms with van der Waals surface area (Å²) in [4.78, 5) is 2.41. The molecule has 0 aromatic heterocycles. The van der Waals surface area contributed by atoms with E-state index in [2.05, 4.69) is 42.3 Å². The van der Waals surface area contributed by atoms with Gasteiger partial charge in [-0.15, -0.1) is 0 Å². The summed E-state index contributed by atoms with van der Waals surface area (Å²) in [6, 6.07) is 6.85. The van der Waals surface area contributed by atoms with E-state index >= 15 is 0 Å². The third-order valence-corrected chi connectivity index (χ3v) is 3.98. The lowest BCUT2D eigenvalue weighted by Gasteiger charge is -2.37. The third kappa shape index (κ3) is 3.62. The molecule has 3 nitrogen and oxygen atoms in total. The molecule has 1 aromatic carbocycles. The first-order chi connectivity index (χ1) is 9.26. The van der Waals surface area contributed by atoms with Crippen molar-refractivity contribution in [3.05, 3.63) is 28.8 Å². The molecule has 0 spiro atoms. The van der Waals surface area contributed by atoms with E-state index in [1.807, 2.05) is 0 Å². The minimum atomic E-state index is 0.462. The highest BCUT2D eigenvalue weighted by Gasteiger charge is 2.22. The molecule has 1 heterocycles. The van der Waals surface area contributed by atoms with E-state index in [1.54, 1.807) is 0 Å². The van der Waals surface area contributed by atoms with Crippen LogP contribution in [0.4, 0.5) is 5.69 Å². The average Bonchev–Trinajstić information content (AvgIpc) is 2.46. The molecule has 1 N–H and O–H groups in total. The van der Waals surface area contributed by atoms with Gasteiger partial charge in [-0.2, -0.15) is 0 Å². The van der Waals surface area contributed by atoms with Gasteiger partial charge in [-0.3, -0.25) is 0 Å². The van der Waals surface area contributed by atoms with Crippen molar-refractivity contribution < 1.29 is 4.74 Å². The third-order valence-electron chi connectivity index (χ3n) is 3.63. The maximum Gasteiger partial charge on any atom is 0.0670 e. The first-order valence-corrected chi connectivity index (χ1v) is 7.47. The number of ether oxygens (including phenoxy) is 1. The number of anilines is 1. The Hall–Kier alpha value is -0.770. The fraction of sp³-hybridized carbons (Fsp3) is 0.600. The van der Waals surface area contributed by atoms with Crippen LogP contribution in [-0.2, 0) is 11.3 Å². The van der Waals surface area contributed by atoms with E-state index in [9.17, 15) is 0 Å². The monoisotopic (exact) mass is 282 g/mol. The topological polar surface area (TPSA) is 24.5 Å². The largest absolute Gasteiger partial charge is 0.377 e. The molecule has 1 aromatic rings. The fourth-order valence-corrected chi connectivity index (χ4v) is 2.69. The van der Waals surface area contributed by atoms with Crippen molar-refractivity contribution in [2.45, 2.75) is 32.9 Å². The van der Waals surface area contributed by atoms with Crippen molar-refractivity contribution in [3.8, 4) is 0 Å². The highest BCUT2D eigenvalue weighted by molar-refractivity contribution is 6.31. The molecule has 0 amide bonds. The van der Waals surface area contributed by atoms with Gasteiger partial charge in [-0.1, -0.05) is 31.5 Å². The summed E-state index contributed by atoms with van der Waals surface area (Å²) in [5, 5.41) is 4.15. The number of rotatable bonds is 5. The van der Waals surface area contributed by atoms with E-state index in [4.69, 9.17) is 16.3 Å². The summed E-state index contributed by atoms with van der Waals surface area (Å²) < 4.78 is 5.55. The van der Waals surface area contributed by atoms with Gasteiger partial charge in [-0.25, -0.2) is 0 Å². The Morgan fingerprint density at radius 3 is 2.95 bits per heavy atom. The molecular formula is C15H23ClN2O. The Morgan fingerprint density at radius 2 is 2.26 bits per heavy atom. The minimum Gasteiger partial charge on any atom is -0.377 e. The molecule has 106 valence electrons. The lowest BCUT2D eigenvalue weighted by molar-refractivity contribution is 0.0930. The van der Waals surface area contributed by atoms with Crippen molar-refractivity contribution in [1.82, 2.24) is 5.32 Å². The van der Waals surface area contributed by atoms with Crippen LogP contribution in [0, 0.1) is 0 Å².